The van der Waals surface area contributed by atoms with Gasteiger partial charge in [0, 0.05) is 43.9 Å². The van der Waals surface area contributed by atoms with E-state index in [1.807, 2.05) is 13.0 Å². The van der Waals surface area contributed by atoms with Crippen LogP contribution in [0, 0.1) is 0 Å². The van der Waals surface area contributed by atoms with Gasteiger partial charge in [0.05, 0.1) is 17.9 Å². The number of amides is 1. The Labute approximate surface area is 183 Å². The highest BCUT2D eigenvalue weighted by Gasteiger charge is 2.31. The van der Waals surface area contributed by atoms with Crippen LogP contribution in [0.1, 0.15) is 46.7 Å². The van der Waals surface area contributed by atoms with Gasteiger partial charge >= 0.3 is 6.18 Å². The molecule has 3 heterocycles. The highest BCUT2D eigenvalue weighted by atomic mass is 19.4. The molecule has 1 saturated heterocycles. The van der Waals surface area contributed by atoms with Gasteiger partial charge in [0.25, 0.3) is 5.91 Å². The van der Waals surface area contributed by atoms with Gasteiger partial charge in [0.15, 0.2) is 0 Å². The van der Waals surface area contributed by atoms with E-state index < -0.39 is 11.7 Å². The zero-order valence-electron chi connectivity index (χ0n) is 17.6. The van der Waals surface area contributed by atoms with Gasteiger partial charge in [0.2, 0.25) is 0 Å². The first-order valence-electron chi connectivity index (χ1n) is 10.5. The molecule has 1 atom stereocenters. The number of ether oxygens (including phenoxy) is 1. The molecule has 1 aromatic carbocycles. The fraction of sp³-hybridized carbons (Fsp3) is 0.409. The maximum Gasteiger partial charge on any atom is 0.416 e. The average Bonchev–Trinajstić information content (AvgIpc) is 3.52. The van der Waals surface area contributed by atoms with Crippen molar-refractivity contribution in [2.24, 2.45) is 0 Å². The molecule has 10 heteroatoms. The number of halogens is 3. The maximum atomic E-state index is 12.8. The van der Waals surface area contributed by atoms with Crippen LogP contribution in [0.5, 0.6) is 5.75 Å². The van der Waals surface area contributed by atoms with Crippen LogP contribution in [0.3, 0.4) is 0 Å². The SMILES string of the molecule is CCn1ccc(C(=O)N2CC[C@@H](c3cc(CCOc4cccc(C(F)(F)F)c4)[nH]n3)C2)n1. The van der Waals surface area contributed by atoms with Crippen molar-refractivity contribution in [3.05, 3.63) is 65.2 Å². The number of nitrogens with zero attached hydrogens (tertiary/aromatic N) is 4. The summed E-state index contributed by atoms with van der Waals surface area (Å²) in [5.74, 6) is 0.224. The summed E-state index contributed by atoms with van der Waals surface area (Å²) in [5, 5.41) is 11.6. The third kappa shape index (κ3) is 4.95. The fourth-order valence-corrected chi connectivity index (χ4v) is 3.76. The molecule has 1 fully saturated rings. The molecule has 3 aromatic rings. The molecule has 32 heavy (non-hydrogen) atoms. The average molecular weight is 447 g/mol. The van der Waals surface area contributed by atoms with E-state index in [2.05, 4.69) is 15.3 Å². The minimum Gasteiger partial charge on any atom is -0.493 e. The topological polar surface area (TPSA) is 76.0 Å². The number of rotatable bonds is 7. The van der Waals surface area contributed by atoms with Crippen LogP contribution in [0.4, 0.5) is 13.2 Å². The zero-order valence-corrected chi connectivity index (χ0v) is 17.6. The van der Waals surface area contributed by atoms with Gasteiger partial charge in [-0.25, -0.2) is 0 Å². The number of likely N-dealkylation sites (tertiary alicyclic amines) is 1. The Morgan fingerprint density at radius 1 is 1.28 bits per heavy atom. The van der Waals surface area contributed by atoms with Gasteiger partial charge in [-0.05, 0) is 43.7 Å². The predicted molar refractivity (Wildman–Crippen MR) is 110 cm³/mol. The molecule has 0 radical (unpaired) electrons. The molecule has 1 aliphatic heterocycles. The smallest absolute Gasteiger partial charge is 0.416 e. The normalized spacial score (nSPS) is 16.5. The minimum absolute atomic E-state index is 0.0788. The van der Waals surface area contributed by atoms with Gasteiger partial charge in [-0.15, -0.1) is 0 Å². The number of carbonyl (C=O) groups excluding carboxylic acids is 1. The van der Waals surface area contributed by atoms with Gasteiger partial charge in [0.1, 0.15) is 11.4 Å². The summed E-state index contributed by atoms with van der Waals surface area (Å²) in [6, 6.07) is 8.49. The fourth-order valence-electron chi connectivity index (χ4n) is 3.76. The Morgan fingerprint density at radius 2 is 2.12 bits per heavy atom. The summed E-state index contributed by atoms with van der Waals surface area (Å²) in [7, 11) is 0. The molecular formula is C22H24F3N5O2. The van der Waals surface area contributed by atoms with Crippen molar-refractivity contribution < 1.29 is 22.7 Å². The number of hydrogen-bond donors (Lipinski definition) is 1. The van der Waals surface area contributed by atoms with Crippen molar-refractivity contribution >= 4 is 5.91 Å². The number of H-pyrrole nitrogens is 1. The lowest BCUT2D eigenvalue weighted by atomic mass is 10.0. The largest absolute Gasteiger partial charge is 0.493 e. The second kappa shape index (κ2) is 9.05. The second-order valence-corrected chi connectivity index (χ2v) is 7.74. The van der Waals surface area contributed by atoms with Crippen molar-refractivity contribution in [1.29, 1.82) is 0 Å². The lowest BCUT2D eigenvalue weighted by molar-refractivity contribution is -0.137. The van der Waals surface area contributed by atoms with Crippen LogP contribution >= 0.6 is 0 Å². The molecule has 170 valence electrons. The molecule has 1 aliphatic rings. The van der Waals surface area contributed by atoms with Crippen molar-refractivity contribution in [2.45, 2.75) is 38.4 Å². The number of alkyl halides is 3. The summed E-state index contributed by atoms with van der Waals surface area (Å²) in [6.07, 6.45) is -1.31. The summed E-state index contributed by atoms with van der Waals surface area (Å²) >= 11 is 0. The standard InChI is InChI=1S/C22H24F3N5O2/c1-2-30-10-7-19(28-30)21(31)29-9-6-15(14-29)20-13-17(26-27-20)8-11-32-18-5-3-4-16(12-18)22(23,24)25/h3-5,7,10,12-13,15H,2,6,8-9,11,14H2,1H3,(H,26,27)/t15-/m1/s1. The highest BCUT2D eigenvalue weighted by Crippen LogP contribution is 2.31. The molecule has 0 aliphatic carbocycles. The lowest BCUT2D eigenvalue weighted by Crippen LogP contribution is -2.29. The quantitative estimate of drug-likeness (QED) is 0.596. The molecule has 1 amide bonds. The Balaban J connectivity index is 1.29. The number of hydrogen-bond acceptors (Lipinski definition) is 4. The molecule has 0 spiro atoms. The molecule has 2 aromatic heterocycles. The first-order chi connectivity index (χ1) is 15.3. The van der Waals surface area contributed by atoms with E-state index >= 15 is 0 Å². The summed E-state index contributed by atoms with van der Waals surface area (Å²) in [4.78, 5) is 14.4. The summed E-state index contributed by atoms with van der Waals surface area (Å²) in [6.45, 7) is 4.11. The summed E-state index contributed by atoms with van der Waals surface area (Å²) in [5.41, 5.74) is 1.41. The number of aromatic nitrogens is 4. The van der Waals surface area contributed by atoms with E-state index in [0.717, 1.165) is 29.9 Å². The first kappa shape index (κ1) is 21.9. The number of aryl methyl sites for hydroxylation is 1. The molecule has 0 bridgehead atoms. The third-order valence-corrected chi connectivity index (χ3v) is 5.53. The number of aromatic amines is 1. The van der Waals surface area contributed by atoms with E-state index in [0.29, 0.717) is 31.7 Å². The van der Waals surface area contributed by atoms with Crippen molar-refractivity contribution in [2.75, 3.05) is 19.7 Å². The molecule has 4 rings (SSSR count). The lowest BCUT2D eigenvalue weighted by Gasteiger charge is -2.14. The van der Waals surface area contributed by atoms with E-state index in [9.17, 15) is 18.0 Å². The molecule has 1 N–H and O–H groups in total. The third-order valence-electron chi connectivity index (χ3n) is 5.53. The van der Waals surface area contributed by atoms with E-state index in [1.54, 1.807) is 21.8 Å². The van der Waals surface area contributed by atoms with Crippen molar-refractivity contribution in [3.8, 4) is 5.75 Å². The monoisotopic (exact) mass is 447 g/mol. The molecule has 0 saturated carbocycles. The van der Waals surface area contributed by atoms with Crippen LogP contribution in [0.25, 0.3) is 0 Å². The molecule has 0 unspecified atom stereocenters. The number of nitrogens with one attached hydrogen (secondary N) is 1. The van der Waals surface area contributed by atoms with Gasteiger partial charge in [-0.1, -0.05) is 6.07 Å². The Morgan fingerprint density at radius 3 is 2.88 bits per heavy atom. The highest BCUT2D eigenvalue weighted by molar-refractivity contribution is 5.92. The molecule has 7 nitrogen and oxygen atoms in total. The number of benzene rings is 1. The summed E-state index contributed by atoms with van der Waals surface area (Å²) < 4.78 is 45.6. The van der Waals surface area contributed by atoms with Gasteiger partial charge < -0.3 is 9.64 Å². The second-order valence-electron chi connectivity index (χ2n) is 7.74. The predicted octanol–water partition coefficient (Wildman–Crippen LogP) is 3.90. The zero-order chi connectivity index (χ0) is 22.7. The Hall–Kier alpha value is -3.30. The van der Waals surface area contributed by atoms with Crippen LogP contribution in [0.2, 0.25) is 0 Å². The van der Waals surface area contributed by atoms with Crippen LogP contribution in [-0.2, 0) is 19.1 Å². The van der Waals surface area contributed by atoms with Gasteiger partial charge in [-0.3, -0.25) is 14.6 Å². The van der Waals surface area contributed by atoms with Gasteiger partial charge in [-0.2, -0.15) is 23.4 Å². The molecular weight excluding hydrogens is 423 g/mol. The van der Waals surface area contributed by atoms with Crippen LogP contribution in [-0.4, -0.2) is 50.5 Å². The maximum absolute atomic E-state index is 12.8. The Kier molecular flexibility index (Phi) is 6.20. The van der Waals surface area contributed by atoms with E-state index in [1.165, 1.54) is 12.1 Å². The van der Waals surface area contributed by atoms with Crippen molar-refractivity contribution in [1.82, 2.24) is 24.9 Å². The van der Waals surface area contributed by atoms with Crippen LogP contribution in [0.15, 0.2) is 42.6 Å². The Bertz CT molecular complexity index is 1080. The number of carbonyl (C=O) groups is 1. The van der Waals surface area contributed by atoms with E-state index in [4.69, 9.17) is 4.74 Å². The van der Waals surface area contributed by atoms with E-state index in [-0.39, 0.29) is 24.2 Å². The minimum atomic E-state index is -4.40. The van der Waals surface area contributed by atoms with Crippen molar-refractivity contribution in [3.63, 3.8) is 0 Å². The van der Waals surface area contributed by atoms with Crippen LogP contribution < -0.4 is 4.74 Å². The first-order valence-corrected chi connectivity index (χ1v) is 10.5.